The van der Waals surface area contributed by atoms with Crippen LogP contribution < -0.4 is 5.73 Å². The molecule has 0 radical (unpaired) electrons. The first-order chi connectivity index (χ1) is 8.10. The maximum absolute atomic E-state index is 9.02. The smallest absolute Gasteiger partial charge is 0.0443 e. The van der Waals surface area contributed by atoms with Gasteiger partial charge in [0.1, 0.15) is 0 Å². The molecule has 0 aromatic carbocycles. The zero-order valence-corrected chi connectivity index (χ0v) is 11.7. The highest BCUT2D eigenvalue weighted by atomic mass is 16.3. The molecular weight excluding hydrogens is 212 g/mol. The summed E-state index contributed by atoms with van der Waals surface area (Å²) in [4.78, 5) is 2.56. The molecule has 17 heavy (non-hydrogen) atoms. The zero-order chi connectivity index (χ0) is 12.8. The number of aliphatic hydroxyl groups is 1. The molecule has 0 aromatic heterocycles. The summed E-state index contributed by atoms with van der Waals surface area (Å²) in [5.41, 5.74) is 5.93. The Labute approximate surface area is 106 Å². The summed E-state index contributed by atoms with van der Waals surface area (Å²) in [6.45, 7) is 8.96. The Bertz CT molecular complexity index is 208. The summed E-state index contributed by atoms with van der Waals surface area (Å²) >= 11 is 0. The predicted octanol–water partition coefficient (Wildman–Crippen LogP) is 1.84. The van der Waals surface area contributed by atoms with Crippen LogP contribution in [0.5, 0.6) is 0 Å². The molecule has 1 aliphatic carbocycles. The van der Waals surface area contributed by atoms with Crippen molar-refractivity contribution in [2.75, 3.05) is 19.7 Å². The molecule has 0 amide bonds. The molecule has 102 valence electrons. The van der Waals surface area contributed by atoms with Gasteiger partial charge in [0.25, 0.3) is 0 Å². The van der Waals surface area contributed by atoms with E-state index < -0.39 is 0 Å². The topological polar surface area (TPSA) is 49.5 Å². The molecule has 3 N–H and O–H groups in total. The first-order valence-corrected chi connectivity index (χ1v) is 7.16. The fourth-order valence-electron chi connectivity index (χ4n) is 3.15. The van der Waals surface area contributed by atoms with E-state index in [9.17, 15) is 0 Å². The Hall–Kier alpha value is -0.120. The van der Waals surface area contributed by atoms with Gasteiger partial charge in [-0.15, -0.1) is 0 Å². The summed E-state index contributed by atoms with van der Waals surface area (Å²) in [5.74, 6) is 1.46. The van der Waals surface area contributed by atoms with Crippen molar-refractivity contribution in [3.05, 3.63) is 0 Å². The molecule has 3 heteroatoms. The molecule has 0 aliphatic heterocycles. The van der Waals surface area contributed by atoms with E-state index in [4.69, 9.17) is 10.8 Å². The normalized spacial score (nSPS) is 30.2. The number of hydrogen-bond acceptors (Lipinski definition) is 3. The second kappa shape index (κ2) is 7.34. The van der Waals surface area contributed by atoms with Gasteiger partial charge < -0.3 is 10.8 Å². The SMILES string of the molecule is CC1CCC(CN)C(N(CCCO)C(C)C)C1. The summed E-state index contributed by atoms with van der Waals surface area (Å²) in [5, 5.41) is 9.02. The summed E-state index contributed by atoms with van der Waals surface area (Å²) in [6, 6.07) is 1.17. The average Bonchev–Trinajstić information content (AvgIpc) is 2.29. The monoisotopic (exact) mass is 242 g/mol. The predicted molar refractivity (Wildman–Crippen MR) is 72.9 cm³/mol. The van der Waals surface area contributed by atoms with Gasteiger partial charge in [-0.25, -0.2) is 0 Å². The van der Waals surface area contributed by atoms with Crippen molar-refractivity contribution in [2.45, 2.75) is 58.5 Å². The first-order valence-electron chi connectivity index (χ1n) is 7.16. The van der Waals surface area contributed by atoms with E-state index in [1.54, 1.807) is 0 Å². The number of aliphatic hydroxyl groups excluding tert-OH is 1. The minimum absolute atomic E-state index is 0.290. The third-order valence-electron chi connectivity index (χ3n) is 4.18. The maximum atomic E-state index is 9.02. The standard InChI is InChI=1S/C14H30N2O/c1-11(2)16(7-4-8-17)14-9-12(3)5-6-13(14)10-15/h11-14,17H,4-10,15H2,1-3H3. The minimum Gasteiger partial charge on any atom is -0.396 e. The lowest BCUT2D eigenvalue weighted by molar-refractivity contribution is 0.0557. The van der Waals surface area contributed by atoms with Gasteiger partial charge in [-0.1, -0.05) is 13.3 Å². The highest BCUT2D eigenvalue weighted by Crippen LogP contribution is 2.32. The summed E-state index contributed by atoms with van der Waals surface area (Å²) in [6.07, 6.45) is 4.74. The lowest BCUT2D eigenvalue weighted by Crippen LogP contribution is -2.50. The van der Waals surface area contributed by atoms with Gasteiger partial charge in [-0.2, -0.15) is 0 Å². The third kappa shape index (κ3) is 4.23. The van der Waals surface area contributed by atoms with Crippen LogP contribution in [0.25, 0.3) is 0 Å². The van der Waals surface area contributed by atoms with Crippen LogP contribution in [-0.2, 0) is 0 Å². The Morgan fingerprint density at radius 3 is 2.59 bits per heavy atom. The molecule has 0 spiro atoms. The van der Waals surface area contributed by atoms with Gasteiger partial charge in [-0.3, -0.25) is 4.90 Å². The van der Waals surface area contributed by atoms with Crippen molar-refractivity contribution in [1.82, 2.24) is 4.90 Å². The van der Waals surface area contributed by atoms with Crippen LogP contribution in [0, 0.1) is 11.8 Å². The molecule has 0 saturated heterocycles. The van der Waals surface area contributed by atoms with Crippen LogP contribution >= 0.6 is 0 Å². The molecule has 1 fully saturated rings. The van der Waals surface area contributed by atoms with Crippen molar-refractivity contribution in [3.63, 3.8) is 0 Å². The molecule has 1 rings (SSSR count). The Morgan fingerprint density at radius 2 is 2.06 bits per heavy atom. The summed E-state index contributed by atoms with van der Waals surface area (Å²) < 4.78 is 0. The van der Waals surface area contributed by atoms with Crippen molar-refractivity contribution < 1.29 is 5.11 Å². The van der Waals surface area contributed by atoms with Gasteiger partial charge in [0, 0.05) is 25.2 Å². The Morgan fingerprint density at radius 1 is 1.35 bits per heavy atom. The van der Waals surface area contributed by atoms with Gasteiger partial charge >= 0.3 is 0 Å². The number of rotatable bonds is 6. The molecule has 3 atom stereocenters. The maximum Gasteiger partial charge on any atom is 0.0443 e. The number of nitrogens with two attached hydrogens (primary N) is 1. The van der Waals surface area contributed by atoms with E-state index in [-0.39, 0.29) is 0 Å². The zero-order valence-electron chi connectivity index (χ0n) is 11.7. The van der Waals surface area contributed by atoms with E-state index in [2.05, 4.69) is 25.7 Å². The molecule has 3 unspecified atom stereocenters. The number of nitrogens with zero attached hydrogens (tertiary/aromatic N) is 1. The summed E-state index contributed by atoms with van der Waals surface area (Å²) in [7, 11) is 0. The lowest BCUT2D eigenvalue weighted by atomic mass is 9.78. The largest absolute Gasteiger partial charge is 0.396 e. The van der Waals surface area contributed by atoms with Crippen molar-refractivity contribution in [1.29, 1.82) is 0 Å². The minimum atomic E-state index is 0.290. The van der Waals surface area contributed by atoms with Crippen LogP contribution in [0.1, 0.15) is 46.5 Å². The van der Waals surface area contributed by atoms with Crippen molar-refractivity contribution in [3.8, 4) is 0 Å². The van der Waals surface area contributed by atoms with E-state index >= 15 is 0 Å². The fraction of sp³-hybridized carbons (Fsp3) is 1.00. The lowest BCUT2D eigenvalue weighted by Gasteiger charge is -2.44. The molecule has 0 aromatic rings. The van der Waals surface area contributed by atoms with Crippen LogP contribution in [0.3, 0.4) is 0 Å². The van der Waals surface area contributed by atoms with E-state index in [1.165, 1.54) is 19.3 Å². The van der Waals surface area contributed by atoms with Gasteiger partial charge in [-0.05, 0) is 51.5 Å². The van der Waals surface area contributed by atoms with Gasteiger partial charge in [0.05, 0.1) is 0 Å². The molecule has 1 saturated carbocycles. The Kier molecular flexibility index (Phi) is 6.45. The first kappa shape index (κ1) is 14.9. The van der Waals surface area contributed by atoms with Crippen molar-refractivity contribution in [2.24, 2.45) is 17.6 Å². The highest BCUT2D eigenvalue weighted by Gasteiger charge is 2.32. The van der Waals surface area contributed by atoms with E-state index in [0.717, 1.165) is 25.4 Å². The average molecular weight is 242 g/mol. The van der Waals surface area contributed by atoms with E-state index in [1.807, 2.05) is 0 Å². The molecule has 3 nitrogen and oxygen atoms in total. The molecule has 0 heterocycles. The fourth-order valence-corrected chi connectivity index (χ4v) is 3.15. The van der Waals surface area contributed by atoms with Crippen LogP contribution in [0.2, 0.25) is 0 Å². The van der Waals surface area contributed by atoms with Crippen LogP contribution in [-0.4, -0.2) is 41.8 Å². The Balaban J connectivity index is 2.66. The second-order valence-electron chi connectivity index (χ2n) is 5.89. The third-order valence-corrected chi connectivity index (χ3v) is 4.18. The van der Waals surface area contributed by atoms with Gasteiger partial charge in [0.2, 0.25) is 0 Å². The second-order valence-corrected chi connectivity index (χ2v) is 5.89. The van der Waals surface area contributed by atoms with Gasteiger partial charge in [0.15, 0.2) is 0 Å². The van der Waals surface area contributed by atoms with E-state index in [0.29, 0.717) is 24.6 Å². The molecular formula is C14H30N2O. The number of hydrogen-bond donors (Lipinski definition) is 2. The highest BCUT2D eigenvalue weighted by molar-refractivity contribution is 4.87. The van der Waals surface area contributed by atoms with Crippen LogP contribution in [0.15, 0.2) is 0 Å². The van der Waals surface area contributed by atoms with Crippen molar-refractivity contribution >= 4 is 0 Å². The molecule has 1 aliphatic rings. The van der Waals surface area contributed by atoms with Crippen LogP contribution in [0.4, 0.5) is 0 Å². The molecule has 0 bridgehead atoms. The quantitative estimate of drug-likeness (QED) is 0.747.